The van der Waals surface area contributed by atoms with Crippen molar-refractivity contribution in [1.29, 1.82) is 0 Å². The number of thioether (sulfide) groups is 1. The van der Waals surface area contributed by atoms with Gasteiger partial charge in [-0.15, -0.1) is 0 Å². The molecule has 3 rings (SSSR count). The van der Waals surface area contributed by atoms with Crippen LogP contribution in [0.25, 0.3) is 0 Å². The minimum Gasteiger partial charge on any atom is -0.383 e. The summed E-state index contributed by atoms with van der Waals surface area (Å²) >= 11 is 1.27. The Labute approximate surface area is 179 Å². The molecule has 1 aliphatic rings. The molecule has 30 heavy (non-hydrogen) atoms. The lowest BCUT2D eigenvalue weighted by molar-refractivity contribution is -0.128. The molecular weight excluding hydrogens is 405 g/mol. The summed E-state index contributed by atoms with van der Waals surface area (Å²) in [6.45, 7) is 2.82. The van der Waals surface area contributed by atoms with Gasteiger partial charge >= 0.3 is 0 Å². The van der Waals surface area contributed by atoms with Crippen LogP contribution in [0.2, 0.25) is 0 Å². The van der Waals surface area contributed by atoms with Gasteiger partial charge in [0.1, 0.15) is 11.1 Å². The standard InChI is InChI=1S/C22H24FN3O3S/c1-3-15-4-8-18(9-5-15)25-22-26(12-13-29-2)21(28)19(30-22)14-20(27)24-17-10-6-16(23)7-11-17/h4-11,19H,3,12-14H2,1-2H3,(H,24,27). The molecule has 0 aromatic heterocycles. The molecule has 1 fully saturated rings. The summed E-state index contributed by atoms with van der Waals surface area (Å²) in [5.74, 6) is -0.862. The zero-order chi connectivity index (χ0) is 21.5. The minimum atomic E-state index is -0.573. The van der Waals surface area contributed by atoms with Crippen LogP contribution >= 0.6 is 11.8 Å². The van der Waals surface area contributed by atoms with Crippen LogP contribution in [0.3, 0.4) is 0 Å². The third kappa shape index (κ3) is 5.67. The van der Waals surface area contributed by atoms with Gasteiger partial charge < -0.3 is 10.1 Å². The van der Waals surface area contributed by atoms with Gasteiger partial charge in [-0.05, 0) is 48.4 Å². The maximum absolute atomic E-state index is 13.0. The van der Waals surface area contributed by atoms with Crippen LogP contribution in [0.15, 0.2) is 53.5 Å². The lowest BCUT2D eigenvalue weighted by atomic mass is 10.2. The number of benzene rings is 2. The van der Waals surface area contributed by atoms with Gasteiger partial charge in [-0.2, -0.15) is 0 Å². The summed E-state index contributed by atoms with van der Waals surface area (Å²) < 4.78 is 18.1. The summed E-state index contributed by atoms with van der Waals surface area (Å²) in [7, 11) is 1.57. The second kappa shape index (κ2) is 10.4. The first-order valence-corrected chi connectivity index (χ1v) is 10.6. The molecule has 2 amide bonds. The van der Waals surface area contributed by atoms with Crippen molar-refractivity contribution in [3.63, 3.8) is 0 Å². The molecule has 6 nitrogen and oxygen atoms in total. The molecular formula is C22H24FN3O3S. The monoisotopic (exact) mass is 429 g/mol. The number of anilines is 1. The van der Waals surface area contributed by atoms with Crippen LogP contribution < -0.4 is 5.32 Å². The van der Waals surface area contributed by atoms with Crippen molar-refractivity contribution in [3.8, 4) is 0 Å². The molecule has 2 aromatic carbocycles. The molecule has 0 aliphatic carbocycles. The fourth-order valence-electron chi connectivity index (χ4n) is 2.94. The number of nitrogens with zero attached hydrogens (tertiary/aromatic N) is 2. The van der Waals surface area contributed by atoms with Crippen LogP contribution in [0.4, 0.5) is 15.8 Å². The van der Waals surface area contributed by atoms with Crippen molar-refractivity contribution in [2.45, 2.75) is 25.0 Å². The van der Waals surface area contributed by atoms with E-state index in [0.717, 1.165) is 12.1 Å². The molecule has 1 atom stereocenters. The van der Waals surface area contributed by atoms with E-state index in [2.05, 4.69) is 17.2 Å². The smallest absolute Gasteiger partial charge is 0.242 e. The van der Waals surface area contributed by atoms with E-state index in [0.29, 0.717) is 24.0 Å². The van der Waals surface area contributed by atoms with E-state index in [9.17, 15) is 14.0 Å². The molecule has 0 radical (unpaired) electrons. The second-order valence-corrected chi connectivity index (χ2v) is 7.93. The number of amidine groups is 1. The van der Waals surface area contributed by atoms with Crippen molar-refractivity contribution >= 4 is 40.1 Å². The Morgan fingerprint density at radius 1 is 1.20 bits per heavy atom. The number of carbonyl (C=O) groups excluding carboxylic acids is 2. The first kappa shape index (κ1) is 22.0. The van der Waals surface area contributed by atoms with Gasteiger partial charge in [0.2, 0.25) is 11.8 Å². The molecule has 158 valence electrons. The van der Waals surface area contributed by atoms with E-state index < -0.39 is 5.25 Å². The topological polar surface area (TPSA) is 71.0 Å². The van der Waals surface area contributed by atoms with E-state index in [4.69, 9.17) is 4.74 Å². The molecule has 0 saturated carbocycles. The number of rotatable bonds is 8. The van der Waals surface area contributed by atoms with Crippen LogP contribution in [0.5, 0.6) is 0 Å². The van der Waals surface area contributed by atoms with Crippen LogP contribution in [0, 0.1) is 5.82 Å². The summed E-state index contributed by atoms with van der Waals surface area (Å²) in [5.41, 5.74) is 2.44. The van der Waals surface area contributed by atoms with E-state index in [1.54, 1.807) is 12.0 Å². The fourth-order valence-corrected chi connectivity index (χ4v) is 4.13. The Morgan fingerprint density at radius 2 is 1.90 bits per heavy atom. The van der Waals surface area contributed by atoms with Gasteiger partial charge in [-0.1, -0.05) is 30.8 Å². The fraction of sp³-hybridized carbons (Fsp3) is 0.318. The zero-order valence-electron chi connectivity index (χ0n) is 16.9. The van der Waals surface area contributed by atoms with Crippen molar-refractivity contribution in [2.75, 3.05) is 25.6 Å². The SMILES string of the molecule is CCc1ccc(N=C2SC(CC(=O)Nc3ccc(F)cc3)C(=O)N2CCOC)cc1. The number of halogens is 1. The summed E-state index contributed by atoms with van der Waals surface area (Å²) in [5, 5.41) is 2.68. The Hall–Kier alpha value is -2.71. The number of carbonyl (C=O) groups is 2. The minimum absolute atomic E-state index is 0.00183. The van der Waals surface area contributed by atoms with E-state index in [-0.39, 0.29) is 24.1 Å². The number of ether oxygens (including phenoxy) is 1. The van der Waals surface area contributed by atoms with Gasteiger partial charge in [0.05, 0.1) is 18.8 Å². The van der Waals surface area contributed by atoms with Crippen molar-refractivity contribution in [3.05, 3.63) is 59.9 Å². The molecule has 2 aromatic rings. The third-order valence-electron chi connectivity index (χ3n) is 4.61. The highest BCUT2D eigenvalue weighted by Gasteiger charge is 2.39. The normalized spacial score (nSPS) is 17.6. The van der Waals surface area contributed by atoms with Gasteiger partial charge in [-0.3, -0.25) is 14.5 Å². The number of aryl methyl sites for hydroxylation is 1. The summed E-state index contributed by atoms with van der Waals surface area (Å²) in [4.78, 5) is 31.5. The molecule has 0 spiro atoms. The lowest BCUT2D eigenvalue weighted by Gasteiger charge is -2.15. The van der Waals surface area contributed by atoms with Gasteiger partial charge in [-0.25, -0.2) is 9.38 Å². The highest BCUT2D eigenvalue weighted by Crippen LogP contribution is 2.32. The zero-order valence-corrected chi connectivity index (χ0v) is 17.7. The van der Waals surface area contributed by atoms with E-state index in [1.807, 2.05) is 24.3 Å². The number of amides is 2. The predicted octanol–water partition coefficient (Wildman–Crippen LogP) is 3.99. The van der Waals surface area contributed by atoms with E-state index >= 15 is 0 Å². The average Bonchev–Trinajstić information content (AvgIpc) is 3.02. The average molecular weight is 430 g/mol. The van der Waals surface area contributed by atoms with Crippen molar-refractivity contribution in [1.82, 2.24) is 4.90 Å². The van der Waals surface area contributed by atoms with Gasteiger partial charge in [0.25, 0.3) is 0 Å². The number of hydrogen-bond acceptors (Lipinski definition) is 5. The van der Waals surface area contributed by atoms with Gasteiger partial charge in [0.15, 0.2) is 5.17 Å². The molecule has 1 N–H and O–H groups in total. The summed E-state index contributed by atoms with van der Waals surface area (Å²) in [6, 6.07) is 13.4. The number of nitrogens with one attached hydrogen (secondary N) is 1. The lowest BCUT2D eigenvalue weighted by Crippen LogP contribution is -2.35. The largest absolute Gasteiger partial charge is 0.383 e. The number of aliphatic imine (C=N–C) groups is 1. The first-order chi connectivity index (χ1) is 14.5. The maximum atomic E-state index is 13.0. The Kier molecular flexibility index (Phi) is 7.59. The Morgan fingerprint density at radius 3 is 2.53 bits per heavy atom. The quantitative estimate of drug-likeness (QED) is 0.689. The third-order valence-corrected chi connectivity index (χ3v) is 5.78. The first-order valence-electron chi connectivity index (χ1n) is 9.70. The predicted molar refractivity (Wildman–Crippen MR) is 118 cm³/mol. The molecule has 1 saturated heterocycles. The van der Waals surface area contributed by atoms with Crippen molar-refractivity contribution in [2.24, 2.45) is 4.99 Å². The van der Waals surface area contributed by atoms with Gasteiger partial charge in [0, 0.05) is 19.2 Å². The second-order valence-electron chi connectivity index (χ2n) is 6.76. The molecule has 1 heterocycles. The van der Waals surface area contributed by atoms with Crippen LogP contribution in [-0.4, -0.2) is 47.4 Å². The summed E-state index contributed by atoms with van der Waals surface area (Å²) in [6.07, 6.45) is 0.938. The number of methoxy groups -OCH3 is 1. The van der Waals surface area contributed by atoms with Crippen LogP contribution in [0.1, 0.15) is 18.9 Å². The molecule has 1 unspecified atom stereocenters. The highest BCUT2D eigenvalue weighted by atomic mass is 32.2. The maximum Gasteiger partial charge on any atom is 0.242 e. The molecule has 0 bridgehead atoms. The molecule has 8 heteroatoms. The number of hydrogen-bond donors (Lipinski definition) is 1. The molecule has 1 aliphatic heterocycles. The van der Waals surface area contributed by atoms with Crippen LogP contribution in [-0.2, 0) is 20.7 Å². The Balaban J connectivity index is 1.72. The van der Waals surface area contributed by atoms with Crippen molar-refractivity contribution < 1.29 is 18.7 Å². The van der Waals surface area contributed by atoms with E-state index in [1.165, 1.54) is 41.6 Å². The Bertz CT molecular complexity index is 916. The highest BCUT2D eigenvalue weighted by molar-refractivity contribution is 8.15.